The lowest BCUT2D eigenvalue weighted by Gasteiger charge is -2.53. The molecule has 8 heteroatoms. The van der Waals surface area contributed by atoms with Gasteiger partial charge in [-0.05, 0) is 76.1 Å². The fourth-order valence-corrected chi connectivity index (χ4v) is 4.34. The van der Waals surface area contributed by atoms with Gasteiger partial charge in [-0.25, -0.2) is 4.79 Å². The summed E-state index contributed by atoms with van der Waals surface area (Å²) in [7, 11) is 0. The smallest absolute Gasteiger partial charge is 0.444 e. The summed E-state index contributed by atoms with van der Waals surface area (Å²) >= 11 is 5.99. The number of rotatable bonds is 2. The van der Waals surface area contributed by atoms with Crippen LogP contribution in [0.1, 0.15) is 57.9 Å². The Balaban J connectivity index is 1.57. The second-order valence-electron chi connectivity index (χ2n) is 8.88. The summed E-state index contributed by atoms with van der Waals surface area (Å²) in [6.07, 6.45) is -1.51. The molecule has 0 atom stereocenters. The number of ether oxygens (including phenoxy) is 2. The monoisotopic (exact) mass is 419 g/mol. The zero-order valence-corrected chi connectivity index (χ0v) is 17.0. The molecule has 2 aliphatic rings. The maximum atomic E-state index is 12.5. The van der Waals surface area contributed by atoms with Gasteiger partial charge in [0, 0.05) is 23.5 Å². The van der Waals surface area contributed by atoms with Crippen LogP contribution in [0.15, 0.2) is 18.2 Å². The first-order valence-electron chi connectivity index (χ1n) is 9.38. The first kappa shape index (κ1) is 21.1. The quantitative estimate of drug-likeness (QED) is 0.578. The molecule has 3 rings (SSSR count). The van der Waals surface area contributed by atoms with Crippen molar-refractivity contribution < 1.29 is 27.4 Å². The number of halogens is 4. The predicted molar refractivity (Wildman–Crippen MR) is 99.6 cm³/mol. The van der Waals surface area contributed by atoms with E-state index < -0.39 is 12.0 Å². The van der Waals surface area contributed by atoms with E-state index in [9.17, 15) is 18.0 Å². The highest BCUT2D eigenvalue weighted by molar-refractivity contribution is 6.30. The molecule has 1 saturated carbocycles. The van der Waals surface area contributed by atoms with Gasteiger partial charge in [0.2, 0.25) is 0 Å². The van der Waals surface area contributed by atoms with Gasteiger partial charge in [0.25, 0.3) is 0 Å². The van der Waals surface area contributed by atoms with Crippen LogP contribution in [0.3, 0.4) is 0 Å². The van der Waals surface area contributed by atoms with Gasteiger partial charge in [-0.1, -0.05) is 11.6 Å². The Morgan fingerprint density at radius 1 is 1.14 bits per heavy atom. The lowest BCUT2D eigenvalue weighted by atomic mass is 9.65. The third-order valence-corrected chi connectivity index (χ3v) is 5.57. The molecule has 4 nitrogen and oxygen atoms in total. The summed E-state index contributed by atoms with van der Waals surface area (Å²) in [5.74, 6) is -0.148. The van der Waals surface area contributed by atoms with E-state index in [1.165, 1.54) is 12.1 Å². The van der Waals surface area contributed by atoms with Crippen molar-refractivity contribution in [2.75, 3.05) is 13.1 Å². The van der Waals surface area contributed by atoms with E-state index in [2.05, 4.69) is 4.74 Å². The fraction of sp³-hybridized carbons (Fsp3) is 0.650. The Kier molecular flexibility index (Phi) is 5.51. The normalized spacial score (nSPS) is 20.0. The highest BCUT2D eigenvalue weighted by Gasteiger charge is 2.48. The number of likely N-dealkylation sites (tertiary alicyclic amines) is 1. The molecule has 1 saturated heterocycles. The van der Waals surface area contributed by atoms with Crippen LogP contribution in [-0.2, 0) is 4.74 Å². The van der Waals surface area contributed by atoms with Gasteiger partial charge in [-0.15, -0.1) is 13.2 Å². The minimum Gasteiger partial charge on any atom is -0.444 e. The molecule has 2 fully saturated rings. The molecule has 1 aliphatic heterocycles. The standard InChI is InChI=1S/C20H25ClF3NO3/c1-18(2,3)28-17(26)25-11-19(12-25)6-4-13(5-7-19)14-8-15(21)10-16(9-14)27-20(22,23)24/h8-10,13H,4-7,11-12H2,1-3H3. The zero-order valence-electron chi connectivity index (χ0n) is 16.2. The molecule has 0 radical (unpaired) electrons. The van der Waals surface area contributed by atoms with Crippen LogP contribution in [0, 0.1) is 5.41 Å². The number of benzene rings is 1. The maximum Gasteiger partial charge on any atom is 0.573 e. The highest BCUT2D eigenvalue weighted by atomic mass is 35.5. The van der Waals surface area contributed by atoms with Crippen molar-refractivity contribution in [2.24, 2.45) is 5.41 Å². The number of carbonyl (C=O) groups excluding carboxylic acids is 1. The second-order valence-corrected chi connectivity index (χ2v) is 9.32. The van der Waals surface area contributed by atoms with E-state index in [0.717, 1.165) is 31.2 Å². The van der Waals surface area contributed by atoms with Gasteiger partial charge in [-0.3, -0.25) is 0 Å². The lowest BCUT2D eigenvalue weighted by Crippen LogP contribution is -2.60. The molecule has 0 aromatic heterocycles. The third kappa shape index (κ3) is 5.25. The number of amides is 1. The van der Waals surface area contributed by atoms with Crippen LogP contribution in [0.2, 0.25) is 5.02 Å². The van der Waals surface area contributed by atoms with Crippen LogP contribution >= 0.6 is 11.6 Å². The van der Waals surface area contributed by atoms with Crippen LogP contribution in [0.5, 0.6) is 5.75 Å². The summed E-state index contributed by atoms with van der Waals surface area (Å²) in [4.78, 5) is 13.8. The minimum atomic E-state index is -4.74. The number of carbonyl (C=O) groups is 1. The summed E-state index contributed by atoms with van der Waals surface area (Å²) in [6, 6.07) is 4.31. The van der Waals surface area contributed by atoms with E-state index >= 15 is 0 Å². The van der Waals surface area contributed by atoms with Crippen molar-refractivity contribution in [3.05, 3.63) is 28.8 Å². The van der Waals surface area contributed by atoms with Crippen LogP contribution < -0.4 is 4.74 Å². The van der Waals surface area contributed by atoms with E-state index in [1.54, 1.807) is 11.0 Å². The SMILES string of the molecule is CC(C)(C)OC(=O)N1CC2(CCC(c3cc(Cl)cc(OC(F)(F)F)c3)CC2)C1. The van der Waals surface area contributed by atoms with Crippen molar-refractivity contribution in [2.45, 2.75) is 64.3 Å². The Labute approximate surface area is 167 Å². The first-order chi connectivity index (χ1) is 12.8. The van der Waals surface area contributed by atoms with Crippen molar-refractivity contribution in [3.63, 3.8) is 0 Å². The molecule has 0 unspecified atom stereocenters. The molecular weight excluding hydrogens is 395 g/mol. The summed E-state index contributed by atoms with van der Waals surface area (Å²) in [6.45, 7) is 6.87. The topological polar surface area (TPSA) is 38.8 Å². The average molecular weight is 420 g/mol. The number of nitrogens with zero attached hydrogens (tertiary/aromatic N) is 1. The van der Waals surface area contributed by atoms with Gasteiger partial charge in [0.15, 0.2) is 0 Å². The molecule has 28 heavy (non-hydrogen) atoms. The van der Waals surface area contributed by atoms with Crippen LogP contribution in [-0.4, -0.2) is 36.0 Å². The molecular formula is C20H25ClF3NO3. The summed E-state index contributed by atoms with van der Waals surface area (Å²) in [5, 5.41) is 0.233. The van der Waals surface area contributed by atoms with Crippen LogP contribution in [0.4, 0.5) is 18.0 Å². The summed E-state index contributed by atoms with van der Waals surface area (Å²) in [5.41, 5.74) is 0.349. The van der Waals surface area contributed by atoms with E-state index in [-0.39, 0.29) is 28.2 Å². The van der Waals surface area contributed by atoms with Gasteiger partial charge in [0.05, 0.1) is 0 Å². The molecule has 1 aromatic rings. The number of alkyl halides is 3. The van der Waals surface area contributed by atoms with E-state index in [0.29, 0.717) is 13.1 Å². The van der Waals surface area contributed by atoms with E-state index in [1.807, 2.05) is 20.8 Å². The molecule has 1 aromatic carbocycles. The lowest BCUT2D eigenvalue weighted by molar-refractivity contribution is -0.274. The molecule has 1 aliphatic carbocycles. The number of hydrogen-bond acceptors (Lipinski definition) is 3. The van der Waals surface area contributed by atoms with Crippen molar-refractivity contribution in [3.8, 4) is 5.75 Å². The van der Waals surface area contributed by atoms with Crippen molar-refractivity contribution in [1.82, 2.24) is 4.90 Å². The maximum absolute atomic E-state index is 12.5. The van der Waals surface area contributed by atoms with Crippen molar-refractivity contribution in [1.29, 1.82) is 0 Å². The van der Waals surface area contributed by atoms with Gasteiger partial charge in [0.1, 0.15) is 11.4 Å². The molecule has 0 bridgehead atoms. The predicted octanol–water partition coefficient (Wildman–Crippen LogP) is 6.13. The van der Waals surface area contributed by atoms with Crippen LogP contribution in [0.25, 0.3) is 0 Å². The number of hydrogen-bond donors (Lipinski definition) is 0. The zero-order chi connectivity index (χ0) is 20.7. The Hall–Kier alpha value is -1.63. The molecule has 0 N–H and O–H groups in total. The fourth-order valence-electron chi connectivity index (χ4n) is 4.11. The van der Waals surface area contributed by atoms with Gasteiger partial charge in [-0.2, -0.15) is 0 Å². The van der Waals surface area contributed by atoms with E-state index in [4.69, 9.17) is 16.3 Å². The Bertz CT molecular complexity index is 729. The average Bonchev–Trinajstić information content (AvgIpc) is 2.48. The largest absolute Gasteiger partial charge is 0.573 e. The highest BCUT2D eigenvalue weighted by Crippen LogP contribution is 2.49. The summed E-state index contributed by atoms with van der Waals surface area (Å²) < 4.78 is 46.9. The van der Waals surface area contributed by atoms with Gasteiger partial charge >= 0.3 is 12.5 Å². The minimum absolute atomic E-state index is 0.0945. The molecule has 1 amide bonds. The van der Waals surface area contributed by atoms with Crippen molar-refractivity contribution >= 4 is 17.7 Å². The molecule has 1 spiro atoms. The molecule has 1 heterocycles. The third-order valence-electron chi connectivity index (χ3n) is 5.35. The Morgan fingerprint density at radius 3 is 2.29 bits per heavy atom. The Morgan fingerprint density at radius 2 is 1.75 bits per heavy atom. The second kappa shape index (κ2) is 7.32. The molecule has 156 valence electrons. The first-order valence-corrected chi connectivity index (χ1v) is 9.76. The van der Waals surface area contributed by atoms with Gasteiger partial charge < -0.3 is 14.4 Å².